The number of allylic oxidation sites excluding steroid dienone is 1. The molecule has 0 atom stereocenters. The van der Waals surface area contributed by atoms with Gasteiger partial charge in [-0.25, -0.2) is 4.79 Å². The van der Waals surface area contributed by atoms with Gasteiger partial charge in [-0.15, -0.1) is 11.3 Å². The highest BCUT2D eigenvalue weighted by molar-refractivity contribution is 7.12. The van der Waals surface area contributed by atoms with E-state index in [2.05, 4.69) is 11.4 Å². The van der Waals surface area contributed by atoms with Gasteiger partial charge < -0.3 is 19.2 Å². The van der Waals surface area contributed by atoms with E-state index in [-0.39, 0.29) is 5.91 Å². The van der Waals surface area contributed by atoms with E-state index in [9.17, 15) is 9.59 Å². The fraction of sp³-hybridized carbons (Fsp3) is 0.360. The van der Waals surface area contributed by atoms with Crippen molar-refractivity contribution >= 4 is 45.4 Å². The zero-order valence-electron chi connectivity index (χ0n) is 18.8. The molecule has 0 radical (unpaired) electrons. The van der Waals surface area contributed by atoms with Crippen LogP contribution in [0.2, 0.25) is 0 Å². The summed E-state index contributed by atoms with van der Waals surface area (Å²) in [5.41, 5.74) is 5.19. The van der Waals surface area contributed by atoms with Crippen molar-refractivity contribution in [1.82, 2.24) is 0 Å². The molecular weight excluding hydrogens is 426 g/mol. The summed E-state index contributed by atoms with van der Waals surface area (Å²) in [4.78, 5) is 25.0. The lowest BCUT2D eigenvalue weighted by Crippen LogP contribution is -2.11. The molecule has 2 aromatic heterocycles. The third-order valence-corrected chi connectivity index (χ3v) is 6.68. The predicted octanol–water partition coefficient (Wildman–Crippen LogP) is 5.91. The number of carbonyl (C=O) groups is 2. The quantitative estimate of drug-likeness (QED) is 0.371. The van der Waals surface area contributed by atoms with Crippen LogP contribution in [0.1, 0.15) is 58.8 Å². The minimum atomic E-state index is -0.472. The van der Waals surface area contributed by atoms with Gasteiger partial charge in [0.1, 0.15) is 22.0 Å². The third kappa shape index (κ3) is 4.05. The molecule has 1 aliphatic rings. The van der Waals surface area contributed by atoms with Crippen LogP contribution >= 0.6 is 11.3 Å². The number of esters is 1. The number of ether oxygens (including phenoxy) is 2. The molecule has 1 amide bonds. The highest BCUT2D eigenvalue weighted by Crippen LogP contribution is 2.41. The Morgan fingerprint density at radius 2 is 2.06 bits per heavy atom. The fourth-order valence-corrected chi connectivity index (χ4v) is 5.03. The normalized spacial score (nSPS) is 13.7. The minimum absolute atomic E-state index is 0.319. The second kappa shape index (κ2) is 9.20. The highest BCUT2D eigenvalue weighted by Gasteiger charge is 2.23. The van der Waals surface area contributed by atoms with Gasteiger partial charge in [-0.3, -0.25) is 4.79 Å². The van der Waals surface area contributed by atoms with E-state index in [1.807, 2.05) is 20.8 Å². The van der Waals surface area contributed by atoms with Gasteiger partial charge in [-0.1, -0.05) is 0 Å². The number of benzene rings is 1. The van der Waals surface area contributed by atoms with Crippen molar-refractivity contribution in [2.75, 3.05) is 19.0 Å². The van der Waals surface area contributed by atoms with Crippen LogP contribution in [0.5, 0.6) is 5.75 Å². The van der Waals surface area contributed by atoms with Crippen LogP contribution in [0.3, 0.4) is 0 Å². The number of furan rings is 1. The molecule has 0 saturated carbocycles. The number of fused-ring (bicyclic) bond motifs is 3. The Labute approximate surface area is 191 Å². The molecule has 32 heavy (non-hydrogen) atoms. The first-order valence-electron chi connectivity index (χ1n) is 10.8. The van der Waals surface area contributed by atoms with Crippen LogP contribution in [-0.4, -0.2) is 25.6 Å². The van der Waals surface area contributed by atoms with Crippen molar-refractivity contribution in [1.29, 1.82) is 0 Å². The van der Waals surface area contributed by atoms with Gasteiger partial charge >= 0.3 is 5.97 Å². The van der Waals surface area contributed by atoms with Gasteiger partial charge in [0.05, 0.1) is 19.4 Å². The van der Waals surface area contributed by atoms with Crippen LogP contribution in [0, 0.1) is 6.92 Å². The maximum Gasteiger partial charge on any atom is 0.350 e. The van der Waals surface area contributed by atoms with E-state index in [4.69, 9.17) is 13.9 Å². The second-order valence-corrected chi connectivity index (χ2v) is 8.79. The molecule has 0 bridgehead atoms. The Kier molecular flexibility index (Phi) is 6.37. The number of rotatable bonds is 6. The second-order valence-electron chi connectivity index (χ2n) is 7.87. The van der Waals surface area contributed by atoms with Gasteiger partial charge in [0.15, 0.2) is 0 Å². The lowest BCUT2D eigenvalue weighted by atomic mass is 9.93. The van der Waals surface area contributed by atoms with E-state index < -0.39 is 5.97 Å². The SMILES string of the molecule is CCOc1c(/C(C)=C/C(=O)Nc2ccsc2C(=O)OC)cc2c3c(oc2c1C)CCCC3. The zero-order valence-corrected chi connectivity index (χ0v) is 19.6. The zero-order chi connectivity index (χ0) is 22.8. The molecule has 6 nitrogen and oxygen atoms in total. The first-order chi connectivity index (χ1) is 15.4. The van der Waals surface area contributed by atoms with Crippen LogP contribution in [-0.2, 0) is 22.4 Å². The molecule has 7 heteroatoms. The number of aryl methyl sites for hydroxylation is 3. The summed E-state index contributed by atoms with van der Waals surface area (Å²) in [6, 6.07) is 3.78. The van der Waals surface area contributed by atoms with Crippen molar-refractivity contribution in [2.45, 2.75) is 46.5 Å². The largest absolute Gasteiger partial charge is 0.493 e. The molecule has 2 heterocycles. The molecule has 1 N–H and O–H groups in total. The summed E-state index contributed by atoms with van der Waals surface area (Å²) in [7, 11) is 1.32. The predicted molar refractivity (Wildman–Crippen MR) is 127 cm³/mol. The molecule has 3 aromatic rings. The molecule has 0 fully saturated rings. The molecule has 0 unspecified atom stereocenters. The number of anilines is 1. The highest BCUT2D eigenvalue weighted by atomic mass is 32.1. The molecule has 1 aromatic carbocycles. The van der Waals surface area contributed by atoms with Crippen molar-refractivity contribution in [3.63, 3.8) is 0 Å². The first kappa shape index (κ1) is 22.1. The van der Waals surface area contributed by atoms with Gasteiger partial charge in [-0.05, 0) is 63.1 Å². The number of carbonyl (C=O) groups excluding carboxylic acids is 2. The Morgan fingerprint density at radius 3 is 2.81 bits per heavy atom. The van der Waals surface area contributed by atoms with Crippen molar-refractivity contribution in [3.8, 4) is 5.75 Å². The molecule has 0 saturated heterocycles. The standard InChI is InChI=1S/C25H27NO5S/c1-5-30-22-15(3)23-18(16-8-6-7-9-20(16)31-23)13-17(22)14(2)12-21(27)26-19-10-11-32-24(19)25(28)29-4/h10-13H,5-9H2,1-4H3,(H,26,27)/b14-12+. The Bertz CT molecular complexity index is 1220. The number of hydrogen-bond donors (Lipinski definition) is 1. The van der Waals surface area contributed by atoms with Crippen molar-refractivity contribution in [3.05, 3.63) is 50.9 Å². The first-order valence-corrected chi connectivity index (χ1v) is 11.7. The van der Waals surface area contributed by atoms with E-state index in [1.165, 1.54) is 30.1 Å². The van der Waals surface area contributed by atoms with Crippen LogP contribution in [0.25, 0.3) is 16.5 Å². The smallest absolute Gasteiger partial charge is 0.350 e. The lowest BCUT2D eigenvalue weighted by Gasteiger charge is -2.15. The van der Waals surface area contributed by atoms with Gasteiger partial charge in [-0.2, -0.15) is 0 Å². The molecule has 0 spiro atoms. The molecule has 4 rings (SSSR count). The van der Waals surface area contributed by atoms with E-state index >= 15 is 0 Å². The monoisotopic (exact) mass is 453 g/mol. The summed E-state index contributed by atoms with van der Waals surface area (Å²) in [6.07, 6.45) is 5.81. The molecule has 1 aliphatic carbocycles. The van der Waals surface area contributed by atoms with Gasteiger partial charge in [0.25, 0.3) is 0 Å². The summed E-state index contributed by atoms with van der Waals surface area (Å²) >= 11 is 1.23. The maximum absolute atomic E-state index is 12.8. The van der Waals surface area contributed by atoms with Crippen LogP contribution in [0.15, 0.2) is 28.0 Å². The van der Waals surface area contributed by atoms with Crippen molar-refractivity contribution in [2.24, 2.45) is 0 Å². The Hall–Kier alpha value is -3.06. The Balaban J connectivity index is 1.72. The summed E-state index contributed by atoms with van der Waals surface area (Å²) in [6.45, 7) is 6.35. The number of methoxy groups -OCH3 is 1. The van der Waals surface area contributed by atoms with E-state index in [1.54, 1.807) is 11.4 Å². The average molecular weight is 454 g/mol. The van der Waals surface area contributed by atoms with E-state index in [0.717, 1.165) is 64.9 Å². The number of thiophene rings is 1. The Morgan fingerprint density at radius 1 is 1.28 bits per heavy atom. The van der Waals surface area contributed by atoms with Crippen LogP contribution in [0.4, 0.5) is 5.69 Å². The fourth-order valence-electron chi connectivity index (χ4n) is 4.26. The summed E-state index contributed by atoms with van der Waals surface area (Å²) in [5.74, 6) is 1.01. The lowest BCUT2D eigenvalue weighted by molar-refractivity contribution is -0.111. The number of nitrogens with one attached hydrogen (secondary N) is 1. The van der Waals surface area contributed by atoms with Crippen LogP contribution < -0.4 is 10.1 Å². The average Bonchev–Trinajstić information content (AvgIpc) is 3.39. The minimum Gasteiger partial charge on any atom is -0.493 e. The summed E-state index contributed by atoms with van der Waals surface area (Å²) < 4.78 is 17.0. The third-order valence-electron chi connectivity index (χ3n) is 5.78. The van der Waals surface area contributed by atoms with Gasteiger partial charge in [0, 0.05) is 34.6 Å². The molecule has 0 aliphatic heterocycles. The maximum atomic E-state index is 12.8. The molecular formula is C25H27NO5S. The van der Waals surface area contributed by atoms with Crippen molar-refractivity contribution < 1.29 is 23.5 Å². The van der Waals surface area contributed by atoms with E-state index in [0.29, 0.717) is 17.2 Å². The number of hydrogen-bond acceptors (Lipinski definition) is 6. The summed E-state index contributed by atoms with van der Waals surface area (Å²) in [5, 5.41) is 5.64. The molecule has 168 valence electrons. The topological polar surface area (TPSA) is 77.8 Å². The van der Waals surface area contributed by atoms with Gasteiger partial charge in [0.2, 0.25) is 5.91 Å². The number of amides is 1.